The Morgan fingerprint density at radius 3 is 2.45 bits per heavy atom. The Morgan fingerprint density at radius 2 is 1.72 bits per heavy atom. The van der Waals surface area contributed by atoms with Gasteiger partial charge in [-0.3, -0.25) is 9.78 Å². The van der Waals surface area contributed by atoms with E-state index in [0.717, 1.165) is 11.4 Å². The van der Waals surface area contributed by atoms with Gasteiger partial charge >= 0.3 is 5.97 Å². The molecule has 0 aliphatic heterocycles. The Hall–Kier alpha value is -3.87. The zero-order valence-electron chi connectivity index (χ0n) is 16.1. The zero-order chi connectivity index (χ0) is 20.6. The van der Waals surface area contributed by atoms with E-state index in [1.165, 1.54) is 13.3 Å². The van der Waals surface area contributed by atoms with Crippen molar-refractivity contribution in [3.8, 4) is 5.75 Å². The lowest BCUT2D eigenvalue weighted by molar-refractivity contribution is 0.0600. The van der Waals surface area contributed by atoms with Crippen LogP contribution in [0.15, 0.2) is 67.0 Å². The molecule has 1 heterocycles. The molecule has 2 aromatic carbocycles. The summed E-state index contributed by atoms with van der Waals surface area (Å²) in [7, 11) is 1.32. The molecule has 0 bridgehead atoms. The van der Waals surface area contributed by atoms with Gasteiger partial charge in [-0.15, -0.1) is 0 Å². The number of amides is 1. The largest absolute Gasteiger partial charge is 0.492 e. The topological polar surface area (TPSA) is 89.5 Å². The Labute approximate surface area is 168 Å². The van der Waals surface area contributed by atoms with Gasteiger partial charge in [-0.05, 0) is 49.4 Å². The summed E-state index contributed by atoms with van der Waals surface area (Å²) >= 11 is 0. The first-order chi connectivity index (χ1) is 14.1. The van der Waals surface area contributed by atoms with Crippen LogP contribution >= 0.6 is 0 Å². The minimum atomic E-state index is -0.432. The van der Waals surface area contributed by atoms with Crippen molar-refractivity contribution >= 4 is 28.9 Å². The summed E-state index contributed by atoms with van der Waals surface area (Å²) < 4.78 is 10.3. The van der Waals surface area contributed by atoms with Crippen molar-refractivity contribution in [3.63, 3.8) is 0 Å². The van der Waals surface area contributed by atoms with Crippen LogP contribution in [0.1, 0.15) is 27.6 Å². The molecule has 0 radical (unpaired) electrons. The molecule has 1 amide bonds. The smallest absolute Gasteiger partial charge is 0.337 e. The fraction of sp³-hybridized carbons (Fsp3) is 0.136. The highest BCUT2D eigenvalue weighted by Crippen LogP contribution is 2.27. The monoisotopic (exact) mass is 391 g/mol. The molecule has 2 N–H and O–H groups in total. The maximum atomic E-state index is 12.6. The van der Waals surface area contributed by atoms with Gasteiger partial charge in [0.05, 0.1) is 42.4 Å². The summed E-state index contributed by atoms with van der Waals surface area (Å²) in [5.41, 5.74) is 2.80. The number of carbonyl (C=O) groups excluding carboxylic acids is 2. The van der Waals surface area contributed by atoms with Gasteiger partial charge in [-0.1, -0.05) is 12.1 Å². The second kappa shape index (κ2) is 9.36. The lowest BCUT2D eigenvalue weighted by Gasteiger charge is -2.12. The van der Waals surface area contributed by atoms with Crippen molar-refractivity contribution in [2.24, 2.45) is 0 Å². The van der Waals surface area contributed by atoms with Crippen molar-refractivity contribution in [2.75, 3.05) is 24.4 Å². The lowest BCUT2D eigenvalue weighted by Crippen LogP contribution is -2.13. The van der Waals surface area contributed by atoms with E-state index in [4.69, 9.17) is 4.74 Å². The Morgan fingerprint density at radius 1 is 0.966 bits per heavy atom. The average Bonchev–Trinajstić information content (AvgIpc) is 2.75. The third-order valence-electron chi connectivity index (χ3n) is 4.03. The third kappa shape index (κ3) is 5.10. The molecular weight excluding hydrogens is 370 g/mol. The molecule has 0 unspecified atom stereocenters. The van der Waals surface area contributed by atoms with E-state index in [0.29, 0.717) is 29.1 Å². The number of anilines is 3. The molecule has 0 saturated heterocycles. The highest BCUT2D eigenvalue weighted by molar-refractivity contribution is 6.04. The van der Waals surface area contributed by atoms with Gasteiger partial charge in [-0.25, -0.2) is 4.79 Å². The number of hydrogen-bond acceptors (Lipinski definition) is 6. The van der Waals surface area contributed by atoms with Crippen molar-refractivity contribution in [1.29, 1.82) is 0 Å². The molecule has 0 aliphatic carbocycles. The standard InChI is InChI=1S/C22H21N3O4/c1-3-29-20-7-5-4-6-19(20)24-18-12-16(13-23-14-18)21(26)25-17-10-8-15(9-11-17)22(27)28-2/h4-14,24H,3H2,1-2H3,(H,25,26). The SMILES string of the molecule is CCOc1ccccc1Nc1cncc(C(=O)Nc2ccc(C(=O)OC)cc2)c1. The number of aromatic nitrogens is 1. The Bertz CT molecular complexity index is 1000. The van der Waals surface area contributed by atoms with Crippen molar-refractivity contribution in [3.05, 3.63) is 78.1 Å². The quantitative estimate of drug-likeness (QED) is 0.585. The molecule has 0 atom stereocenters. The van der Waals surface area contributed by atoms with Gasteiger partial charge in [0.1, 0.15) is 5.75 Å². The minimum absolute atomic E-state index is 0.315. The van der Waals surface area contributed by atoms with Gasteiger partial charge in [0.15, 0.2) is 0 Å². The molecule has 0 saturated carbocycles. The fourth-order valence-corrected chi connectivity index (χ4v) is 2.65. The van der Waals surface area contributed by atoms with Crippen molar-refractivity contribution in [2.45, 2.75) is 6.92 Å². The first-order valence-electron chi connectivity index (χ1n) is 9.04. The third-order valence-corrected chi connectivity index (χ3v) is 4.03. The number of carbonyl (C=O) groups is 2. The summed E-state index contributed by atoms with van der Waals surface area (Å²) in [5.74, 6) is -0.0289. The second-order valence-corrected chi connectivity index (χ2v) is 6.04. The van der Waals surface area contributed by atoms with Gasteiger partial charge in [0.25, 0.3) is 5.91 Å². The van der Waals surface area contributed by atoms with E-state index in [1.54, 1.807) is 36.5 Å². The molecular formula is C22H21N3O4. The number of hydrogen-bond donors (Lipinski definition) is 2. The van der Waals surface area contributed by atoms with Crippen LogP contribution in [0.5, 0.6) is 5.75 Å². The molecule has 1 aromatic heterocycles. The van der Waals surface area contributed by atoms with Crippen LogP contribution in [0.2, 0.25) is 0 Å². The van der Waals surface area contributed by atoms with Gasteiger partial charge < -0.3 is 20.1 Å². The number of methoxy groups -OCH3 is 1. The molecule has 7 nitrogen and oxygen atoms in total. The van der Waals surface area contributed by atoms with Crippen LogP contribution < -0.4 is 15.4 Å². The van der Waals surface area contributed by atoms with Crippen LogP contribution in [0.4, 0.5) is 17.1 Å². The number of para-hydroxylation sites is 2. The van der Waals surface area contributed by atoms with Gasteiger partial charge in [0.2, 0.25) is 0 Å². The molecule has 3 rings (SSSR count). The first-order valence-corrected chi connectivity index (χ1v) is 9.04. The molecule has 29 heavy (non-hydrogen) atoms. The number of nitrogens with zero attached hydrogens (tertiary/aromatic N) is 1. The molecule has 0 aliphatic rings. The van der Waals surface area contributed by atoms with E-state index < -0.39 is 5.97 Å². The summed E-state index contributed by atoms with van der Waals surface area (Å²) in [6, 6.07) is 15.7. The van der Waals surface area contributed by atoms with Crippen LogP contribution in [0.3, 0.4) is 0 Å². The predicted octanol–water partition coefficient (Wildman–Crippen LogP) is 4.26. The van der Waals surface area contributed by atoms with E-state index >= 15 is 0 Å². The number of rotatable bonds is 7. The first kappa shape index (κ1) is 19.9. The van der Waals surface area contributed by atoms with Gasteiger partial charge in [-0.2, -0.15) is 0 Å². The second-order valence-electron chi connectivity index (χ2n) is 6.04. The highest BCUT2D eigenvalue weighted by atomic mass is 16.5. The number of nitrogens with one attached hydrogen (secondary N) is 2. The number of benzene rings is 2. The Kier molecular flexibility index (Phi) is 6.42. The van der Waals surface area contributed by atoms with Crippen molar-refractivity contribution < 1.29 is 19.1 Å². The molecule has 148 valence electrons. The molecule has 0 spiro atoms. The van der Waals surface area contributed by atoms with Crippen LogP contribution in [-0.2, 0) is 4.74 Å². The maximum Gasteiger partial charge on any atom is 0.337 e. The number of ether oxygens (including phenoxy) is 2. The lowest BCUT2D eigenvalue weighted by atomic mass is 10.2. The summed E-state index contributed by atoms with van der Waals surface area (Å²) in [5, 5.41) is 6.01. The van der Waals surface area contributed by atoms with Crippen LogP contribution in [0, 0.1) is 0 Å². The van der Waals surface area contributed by atoms with E-state index in [9.17, 15) is 9.59 Å². The highest BCUT2D eigenvalue weighted by Gasteiger charge is 2.10. The van der Waals surface area contributed by atoms with E-state index in [1.807, 2.05) is 31.2 Å². The zero-order valence-corrected chi connectivity index (χ0v) is 16.1. The number of pyridine rings is 1. The summed E-state index contributed by atoms with van der Waals surface area (Å²) in [6.45, 7) is 2.47. The minimum Gasteiger partial charge on any atom is -0.492 e. The van der Waals surface area contributed by atoms with Gasteiger partial charge in [0, 0.05) is 11.9 Å². The van der Waals surface area contributed by atoms with Crippen molar-refractivity contribution in [1.82, 2.24) is 4.98 Å². The predicted molar refractivity (Wildman–Crippen MR) is 111 cm³/mol. The average molecular weight is 391 g/mol. The Balaban J connectivity index is 1.72. The van der Waals surface area contributed by atoms with Crippen LogP contribution in [0.25, 0.3) is 0 Å². The summed E-state index contributed by atoms with van der Waals surface area (Å²) in [4.78, 5) is 28.2. The normalized spacial score (nSPS) is 10.1. The van der Waals surface area contributed by atoms with E-state index in [-0.39, 0.29) is 5.91 Å². The van der Waals surface area contributed by atoms with Crippen LogP contribution in [-0.4, -0.2) is 30.6 Å². The molecule has 3 aromatic rings. The molecule has 0 fully saturated rings. The fourth-order valence-electron chi connectivity index (χ4n) is 2.65. The maximum absolute atomic E-state index is 12.6. The number of esters is 1. The molecule has 7 heteroatoms. The van der Waals surface area contributed by atoms with E-state index in [2.05, 4.69) is 20.4 Å². The summed E-state index contributed by atoms with van der Waals surface area (Å²) in [6.07, 6.45) is 3.11.